The van der Waals surface area contributed by atoms with E-state index < -0.39 is 29.3 Å². The first-order valence-electron chi connectivity index (χ1n) is 12.2. The van der Waals surface area contributed by atoms with E-state index >= 15 is 0 Å². The van der Waals surface area contributed by atoms with E-state index in [4.69, 9.17) is 18.9 Å². The van der Waals surface area contributed by atoms with Crippen LogP contribution in [0, 0.1) is 13.8 Å². The SMILES string of the molecule is COC(=O)C(Cc1c(C)cc(OCc2ccc(C(=O)OC(C)(C)C)cc2)cc1C)NC(=O)OC(C)(C)C. The van der Waals surface area contributed by atoms with Crippen molar-refractivity contribution in [1.82, 2.24) is 5.32 Å². The topological polar surface area (TPSA) is 100 Å². The number of hydrogen-bond acceptors (Lipinski definition) is 7. The van der Waals surface area contributed by atoms with Crippen LogP contribution in [0.3, 0.4) is 0 Å². The van der Waals surface area contributed by atoms with Gasteiger partial charge in [-0.3, -0.25) is 0 Å². The van der Waals surface area contributed by atoms with Crippen LogP contribution in [0.1, 0.15) is 74.2 Å². The van der Waals surface area contributed by atoms with Crippen molar-refractivity contribution in [2.45, 2.75) is 85.7 Å². The molecule has 8 heteroatoms. The number of alkyl carbamates (subject to hydrolysis) is 1. The second-order valence-electron chi connectivity index (χ2n) is 10.9. The first-order chi connectivity index (χ1) is 17.1. The molecule has 1 amide bonds. The third kappa shape index (κ3) is 9.79. The van der Waals surface area contributed by atoms with Gasteiger partial charge < -0.3 is 24.3 Å². The van der Waals surface area contributed by atoms with E-state index in [1.807, 2.05) is 58.9 Å². The van der Waals surface area contributed by atoms with Crippen molar-refractivity contribution in [3.8, 4) is 5.75 Å². The minimum Gasteiger partial charge on any atom is -0.489 e. The summed E-state index contributed by atoms with van der Waals surface area (Å²) in [6.45, 7) is 14.9. The second-order valence-corrected chi connectivity index (χ2v) is 10.9. The van der Waals surface area contributed by atoms with Gasteiger partial charge >= 0.3 is 18.0 Å². The molecule has 0 heterocycles. The average molecular weight is 514 g/mol. The number of rotatable bonds is 8. The van der Waals surface area contributed by atoms with Crippen LogP contribution in [0.4, 0.5) is 4.79 Å². The summed E-state index contributed by atoms with van der Waals surface area (Å²) in [6, 6.07) is 9.98. The molecular formula is C29H39NO7. The summed E-state index contributed by atoms with van der Waals surface area (Å²) >= 11 is 0. The summed E-state index contributed by atoms with van der Waals surface area (Å²) in [6.07, 6.45) is -0.438. The van der Waals surface area contributed by atoms with Gasteiger partial charge in [-0.15, -0.1) is 0 Å². The van der Waals surface area contributed by atoms with Crippen molar-refractivity contribution in [1.29, 1.82) is 0 Å². The smallest absolute Gasteiger partial charge is 0.408 e. The van der Waals surface area contributed by atoms with Crippen LogP contribution in [0.2, 0.25) is 0 Å². The summed E-state index contributed by atoms with van der Waals surface area (Å²) in [5.74, 6) is -0.252. The molecule has 0 saturated carbocycles. The lowest BCUT2D eigenvalue weighted by atomic mass is 9.96. The molecule has 1 unspecified atom stereocenters. The van der Waals surface area contributed by atoms with Gasteiger partial charge in [-0.1, -0.05) is 12.1 Å². The number of amides is 1. The summed E-state index contributed by atoms with van der Waals surface area (Å²) in [5.41, 5.74) is 2.87. The number of methoxy groups -OCH3 is 1. The van der Waals surface area contributed by atoms with Gasteiger partial charge in [0.25, 0.3) is 0 Å². The van der Waals surface area contributed by atoms with Gasteiger partial charge in [0, 0.05) is 6.42 Å². The highest BCUT2D eigenvalue weighted by molar-refractivity contribution is 5.89. The Bertz CT molecular complexity index is 1090. The number of carbonyl (C=O) groups is 3. The quantitative estimate of drug-likeness (QED) is 0.370. The van der Waals surface area contributed by atoms with Crippen LogP contribution in [0.25, 0.3) is 0 Å². The molecule has 8 nitrogen and oxygen atoms in total. The lowest BCUT2D eigenvalue weighted by Crippen LogP contribution is -2.45. The number of carbonyl (C=O) groups excluding carboxylic acids is 3. The highest BCUT2D eigenvalue weighted by atomic mass is 16.6. The molecule has 0 aromatic heterocycles. The number of benzene rings is 2. The van der Waals surface area contributed by atoms with E-state index in [1.165, 1.54) is 7.11 Å². The molecule has 0 bridgehead atoms. The summed E-state index contributed by atoms with van der Waals surface area (Å²) in [7, 11) is 1.28. The molecule has 0 spiro atoms. The van der Waals surface area contributed by atoms with Crippen LogP contribution < -0.4 is 10.1 Å². The molecule has 0 radical (unpaired) electrons. The minimum atomic E-state index is -0.896. The van der Waals surface area contributed by atoms with E-state index in [1.54, 1.807) is 32.9 Å². The standard InChI is InChI=1S/C29H39NO7/c1-18-14-22(35-17-20-10-12-21(13-11-20)25(31)36-28(3,4)5)15-19(2)23(18)16-24(26(32)34-9)30-27(33)37-29(6,7)8/h10-15,24H,16-17H2,1-9H3,(H,30,33). The van der Waals surface area contributed by atoms with Gasteiger partial charge in [0.1, 0.15) is 29.6 Å². The fourth-order valence-electron chi connectivity index (χ4n) is 3.59. The van der Waals surface area contributed by atoms with Crippen molar-refractivity contribution < 1.29 is 33.3 Å². The molecule has 1 N–H and O–H groups in total. The highest BCUT2D eigenvalue weighted by Gasteiger charge is 2.26. The van der Waals surface area contributed by atoms with Crippen LogP contribution in [-0.4, -0.2) is 42.4 Å². The first-order valence-corrected chi connectivity index (χ1v) is 12.2. The Balaban J connectivity index is 2.08. The summed E-state index contributed by atoms with van der Waals surface area (Å²) in [4.78, 5) is 36.8. The summed E-state index contributed by atoms with van der Waals surface area (Å²) in [5, 5.41) is 2.61. The predicted octanol–water partition coefficient (Wildman–Crippen LogP) is 5.45. The third-order valence-corrected chi connectivity index (χ3v) is 5.25. The maximum atomic E-state index is 12.4. The average Bonchev–Trinajstić information content (AvgIpc) is 2.76. The lowest BCUT2D eigenvalue weighted by molar-refractivity contribution is -0.143. The van der Waals surface area contributed by atoms with E-state index in [-0.39, 0.29) is 12.4 Å². The Kier molecular flexibility index (Phi) is 9.73. The van der Waals surface area contributed by atoms with Gasteiger partial charge in [0.05, 0.1) is 12.7 Å². The molecule has 0 saturated heterocycles. The molecule has 2 aromatic carbocycles. The van der Waals surface area contributed by atoms with E-state index in [0.717, 1.165) is 22.3 Å². The van der Waals surface area contributed by atoms with Crippen molar-refractivity contribution in [3.05, 3.63) is 64.2 Å². The van der Waals surface area contributed by atoms with Crippen molar-refractivity contribution in [2.24, 2.45) is 0 Å². The molecule has 0 fully saturated rings. The normalized spacial score (nSPS) is 12.4. The maximum Gasteiger partial charge on any atom is 0.408 e. The zero-order chi connectivity index (χ0) is 28.0. The van der Waals surface area contributed by atoms with Crippen molar-refractivity contribution >= 4 is 18.0 Å². The Labute approximate surface area is 219 Å². The molecule has 202 valence electrons. The number of nitrogens with one attached hydrogen (secondary N) is 1. The number of ether oxygens (including phenoxy) is 4. The van der Waals surface area contributed by atoms with Crippen molar-refractivity contribution in [2.75, 3.05) is 7.11 Å². The molecule has 0 aliphatic heterocycles. The Morgan fingerprint density at radius 1 is 0.865 bits per heavy atom. The number of esters is 2. The number of hydrogen-bond donors (Lipinski definition) is 1. The predicted molar refractivity (Wildman–Crippen MR) is 141 cm³/mol. The maximum absolute atomic E-state index is 12.4. The fraction of sp³-hybridized carbons (Fsp3) is 0.483. The second kappa shape index (κ2) is 12.1. The van der Waals surface area contributed by atoms with Crippen LogP contribution in [0.5, 0.6) is 5.75 Å². The molecule has 2 aromatic rings. The molecular weight excluding hydrogens is 474 g/mol. The molecule has 2 rings (SSSR count). The van der Waals surface area contributed by atoms with E-state index in [2.05, 4.69) is 5.32 Å². The zero-order valence-electron chi connectivity index (χ0n) is 23.3. The highest BCUT2D eigenvalue weighted by Crippen LogP contribution is 2.25. The third-order valence-electron chi connectivity index (χ3n) is 5.25. The molecule has 1 atom stereocenters. The largest absolute Gasteiger partial charge is 0.489 e. The Hall–Kier alpha value is -3.55. The van der Waals surface area contributed by atoms with Crippen molar-refractivity contribution in [3.63, 3.8) is 0 Å². The Morgan fingerprint density at radius 2 is 1.41 bits per heavy atom. The van der Waals surface area contributed by atoms with Gasteiger partial charge in [0.15, 0.2) is 0 Å². The van der Waals surface area contributed by atoms with Crippen LogP contribution in [-0.2, 0) is 32.0 Å². The van der Waals surface area contributed by atoms with Gasteiger partial charge in [-0.25, -0.2) is 14.4 Å². The minimum absolute atomic E-state index is 0.246. The summed E-state index contributed by atoms with van der Waals surface area (Å²) < 4.78 is 21.6. The number of aryl methyl sites for hydroxylation is 2. The van der Waals surface area contributed by atoms with Crippen LogP contribution >= 0.6 is 0 Å². The molecule has 0 aliphatic carbocycles. The van der Waals surface area contributed by atoms with Crippen LogP contribution in [0.15, 0.2) is 36.4 Å². The van der Waals surface area contributed by atoms with Gasteiger partial charge in [-0.2, -0.15) is 0 Å². The Morgan fingerprint density at radius 3 is 1.89 bits per heavy atom. The van der Waals surface area contributed by atoms with Gasteiger partial charge in [-0.05, 0) is 102 Å². The molecule has 0 aliphatic rings. The molecule has 37 heavy (non-hydrogen) atoms. The fourth-order valence-corrected chi connectivity index (χ4v) is 3.59. The van der Waals surface area contributed by atoms with E-state index in [9.17, 15) is 14.4 Å². The van der Waals surface area contributed by atoms with Gasteiger partial charge in [0.2, 0.25) is 0 Å². The monoisotopic (exact) mass is 513 g/mol. The first kappa shape index (κ1) is 29.7. The lowest BCUT2D eigenvalue weighted by Gasteiger charge is -2.23. The zero-order valence-corrected chi connectivity index (χ0v) is 23.3. The van der Waals surface area contributed by atoms with E-state index in [0.29, 0.717) is 17.9 Å².